The molecule has 0 aromatic heterocycles. The number of anilines is 1. The molecule has 0 bridgehead atoms. The molecule has 0 saturated carbocycles. The average molecular weight is 253 g/mol. The first-order chi connectivity index (χ1) is 9.02. The van der Waals surface area contributed by atoms with Crippen molar-refractivity contribution >= 4 is 27.2 Å². The molecule has 19 heavy (non-hydrogen) atoms. The van der Waals surface area contributed by atoms with Crippen LogP contribution in [0.5, 0.6) is 11.5 Å². The van der Waals surface area contributed by atoms with Crippen molar-refractivity contribution in [2.45, 2.75) is 13.8 Å². The summed E-state index contributed by atoms with van der Waals surface area (Å²) in [6.45, 7) is 3.76. The second kappa shape index (κ2) is 3.79. The molecule has 0 radical (unpaired) electrons. The van der Waals surface area contributed by atoms with Crippen LogP contribution in [0.1, 0.15) is 11.1 Å². The van der Waals surface area contributed by atoms with Gasteiger partial charge in [-0.3, -0.25) is 0 Å². The number of hydrogen-bond acceptors (Lipinski definition) is 3. The number of aromatic hydroxyl groups is 2. The lowest BCUT2D eigenvalue weighted by Crippen LogP contribution is -1.95. The van der Waals surface area contributed by atoms with Crippen molar-refractivity contribution in [3.8, 4) is 11.5 Å². The molecule has 3 rings (SSSR count). The highest BCUT2D eigenvalue weighted by molar-refractivity contribution is 6.12. The zero-order valence-corrected chi connectivity index (χ0v) is 10.9. The highest BCUT2D eigenvalue weighted by atomic mass is 16.3. The number of phenolic OH excluding ortho intramolecular Hbond substituents is 2. The summed E-state index contributed by atoms with van der Waals surface area (Å²) >= 11 is 0. The van der Waals surface area contributed by atoms with Crippen molar-refractivity contribution < 1.29 is 10.2 Å². The van der Waals surface area contributed by atoms with Gasteiger partial charge in [0.2, 0.25) is 0 Å². The molecule has 4 N–H and O–H groups in total. The van der Waals surface area contributed by atoms with Gasteiger partial charge in [-0.05, 0) is 31.0 Å². The van der Waals surface area contributed by atoms with Crippen LogP contribution in [0.15, 0.2) is 30.3 Å². The number of rotatable bonds is 0. The fraction of sp³-hybridized carbons (Fsp3) is 0.125. The van der Waals surface area contributed by atoms with E-state index < -0.39 is 0 Å². The second-order valence-electron chi connectivity index (χ2n) is 4.90. The molecule has 0 saturated heterocycles. The summed E-state index contributed by atoms with van der Waals surface area (Å²) in [6, 6.07) is 9.08. The predicted molar refractivity (Wildman–Crippen MR) is 78.7 cm³/mol. The summed E-state index contributed by atoms with van der Waals surface area (Å²) in [4.78, 5) is 0. The van der Waals surface area contributed by atoms with Gasteiger partial charge in [-0.25, -0.2) is 0 Å². The maximum absolute atomic E-state index is 10.5. The van der Waals surface area contributed by atoms with E-state index in [0.29, 0.717) is 27.2 Å². The van der Waals surface area contributed by atoms with Crippen LogP contribution in [0.25, 0.3) is 21.5 Å². The van der Waals surface area contributed by atoms with Crippen LogP contribution in [0.3, 0.4) is 0 Å². The van der Waals surface area contributed by atoms with Crippen molar-refractivity contribution in [3.05, 3.63) is 41.5 Å². The van der Waals surface area contributed by atoms with Gasteiger partial charge in [-0.15, -0.1) is 0 Å². The van der Waals surface area contributed by atoms with Crippen molar-refractivity contribution in [1.82, 2.24) is 0 Å². The first kappa shape index (κ1) is 11.7. The number of nitrogen functional groups attached to an aromatic ring is 1. The van der Waals surface area contributed by atoms with Crippen LogP contribution >= 0.6 is 0 Å². The Morgan fingerprint density at radius 1 is 0.895 bits per heavy atom. The van der Waals surface area contributed by atoms with Gasteiger partial charge in [0, 0.05) is 27.2 Å². The van der Waals surface area contributed by atoms with Gasteiger partial charge in [0.05, 0.1) is 0 Å². The smallest absolute Gasteiger partial charge is 0.131 e. The maximum Gasteiger partial charge on any atom is 0.131 e. The van der Waals surface area contributed by atoms with Gasteiger partial charge >= 0.3 is 0 Å². The third-order valence-corrected chi connectivity index (χ3v) is 3.76. The lowest BCUT2D eigenvalue weighted by molar-refractivity contribution is 0.478. The van der Waals surface area contributed by atoms with E-state index >= 15 is 0 Å². The van der Waals surface area contributed by atoms with Crippen LogP contribution in [0, 0.1) is 13.8 Å². The second-order valence-corrected chi connectivity index (χ2v) is 4.90. The molecule has 0 aliphatic carbocycles. The van der Waals surface area contributed by atoms with Crippen molar-refractivity contribution in [1.29, 1.82) is 0 Å². The van der Waals surface area contributed by atoms with Crippen LogP contribution in [0.4, 0.5) is 5.69 Å². The van der Waals surface area contributed by atoms with E-state index in [1.54, 1.807) is 12.1 Å². The van der Waals surface area contributed by atoms with Gasteiger partial charge < -0.3 is 15.9 Å². The summed E-state index contributed by atoms with van der Waals surface area (Å²) in [5.41, 5.74) is 8.37. The number of phenols is 2. The standard InChI is InChI=1S/C16H15NO2/c1-8-7-12-13(9(2)14(8)17)16(19)11-6-4-3-5-10(11)15(12)18/h3-7,18-19H,17H2,1-2H3. The van der Waals surface area contributed by atoms with Gasteiger partial charge in [0.25, 0.3) is 0 Å². The number of benzene rings is 3. The van der Waals surface area contributed by atoms with Crippen LogP contribution in [0.2, 0.25) is 0 Å². The third kappa shape index (κ3) is 1.45. The highest BCUT2D eigenvalue weighted by Gasteiger charge is 2.16. The van der Waals surface area contributed by atoms with E-state index in [9.17, 15) is 10.2 Å². The van der Waals surface area contributed by atoms with E-state index in [-0.39, 0.29) is 11.5 Å². The van der Waals surface area contributed by atoms with Crippen molar-refractivity contribution in [2.24, 2.45) is 0 Å². The van der Waals surface area contributed by atoms with E-state index in [0.717, 1.165) is 11.1 Å². The SMILES string of the molecule is Cc1cc2c(O)c3ccccc3c(O)c2c(C)c1N. The Labute approximate surface area is 110 Å². The molecule has 0 spiro atoms. The van der Waals surface area contributed by atoms with Gasteiger partial charge in [-0.1, -0.05) is 24.3 Å². The zero-order valence-electron chi connectivity index (χ0n) is 10.9. The highest BCUT2D eigenvalue weighted by Crippen LogP contribution is 2.44. The molecule has 96 valence electrons. The van der Waals surface area contributed by atoms with Crippen LogP contribution in [-0.4, -0.2) is 10.2 Å². The van der Waals surface area contributed by atoms with Crippen LogP contribution in [-0.2, 0) is 0 Å². The van der Waals surface area contributed by atoms with Crippen LogP contribution < -0.4 is 5.73 Å². The Bertz CT molecular complexity index is 822. The molecule has 0 heterocycles. The molecule has 3 nitrogen and oxygen atoms in total. The lowest BCUT2D eigenvalue weighted by atomic mass is 9.94. The third-order valence-electron chi connectivity index (χ3n) is 3.76. The van der Waals surface area contributed by atoms with E-state index in [1.165, 1.54) is 0 Å². The Morgan fingerprint density at radius 2 is 1.47 bits per heavy atom. The molecule has 3 aromatic rings. The predicted octanol–water partition coefficient (Wildman–Crippen LogP) is 3.60. The Morgan fingerprint density at radius 3 is 2.11 bits per heavy atom. The largest absolute Gasteiger partial charge is 0.507 e. The molecule has 0 aliphatic rings. The van der Waals surface area contributed by atoms with Gasteiger partial charge in [0.15, 0.2) is 0 Å². The molecule has 3 aromatic carbocycles. The molecular weight excluding hydrogens is 238 g/mol. The fourth-order valence-corrected chi connectivity index (χ4v) is 2.67. The summed E-state index contributed by atoms with van der Waals surface area (Å²) < 4.78 is 0. The quantitative estimate of drug-likeness (QED) is 0.326. The number of hydrogen-bond donors (Lipinski definition) is 3. The molecule has 0 amide bonds. The maximum atomic E-state index is 10.5. The van der Waals surface area contributed by atoms with Crippen molar-refractivity contribution in [3.63, 3.8) is 0 Å². The Balaban J connectivity index is 2.68. The molecule has 0 unspecified atom stereocenters. The minimum atomic E-state index is 0.174. The van der Waals surface area contributed by atoms with E-state index in [2.05, 4.69) is 0 Å². The number of fused-ring (bicyclic) bond motifs is 2. The molecule has 0 aliphatic heterocycles. The number of aryl methyl sites for hydroxylation is 2. The first-order valence-corrected chi connectivity index (χ1v) is 6.14. The van der Waals surface area contributed by atoms with Gasteiger partial charge in [-0.2, -0.15) is 0 Å². The normalized spacial score (nSPS) is 11.3. The number of nitrogens with two attached hydrogens (primary N) is 1. The Kier molecular flexibility index (Phi) is 2.32. The summed E-state index contributed by atoms with van der Waals surface area (Å²) in [5.74, 6) is 0.363. The molecular formula is C16H15NO2. The lowest BCUT2D eigenvalue weighted by Gasteiger charge is -2.14. The minimum absolute atomic E-state index is 0.174. The first-order valence-electron chi connectivity index (χ1n) is 6.14. The monoisotopic (exact) mass is 253 g/mol. The summed E-state index contributed by atoms with van der Waals surface area (Å²) in [5, 5.41) is 23.4. The summed E-state index contributed by atoms with van der Waals surface area (Å²) in [6.07, 6.45) is 0. The fourth-order valence-electron chi connectivity index (χ4n) is 2.67. The zero-order chi connectivity index (χ0) is 13.7. The van der Waals surface area contributed by atoms with Crippen molar-refractivity contribution in [2.75, 3.05) is 5.73 Å². The minimum Gasteiger partial charge on any atom is -0.507 e. The van der Waals surface area contributed by atoms with Gasteiger partial charge in [0.1, 0.15) is 11.5 Å². The topological polar surface area (TPSA) is 66.5 Å². The molecule has 0 fully saturated rings. The molecule has 3 heteroatoms. The molecule has 0 atom stereocenters. The van der Waals surface area contributed by atoms with E-state index in [4.69, 9.17) is 5.73 Å². The Hall–Kier alpha value is -2.42. The summed E-state index contributed by atoms with van der Waals surface area (Å²) in [7, 11) is 0. The van der Waals surface area contributed by atoms with E-state index in [1.807, 2.05) is 32.0 Å². The average Bonchev–Trinajstić information content (AvgIpc) is 2.42.